The number of rotatable bonds is 5. The van der Waals surface area contributed by atoms with Crippen molar-refractivity contribution in [2.24, 2.45) is 0 Å². The maximum absolute atomic E-state index is 12.4. The van der Waals surface area contributed by atoms with Crippen molar-refractivity contribution in [1.29, 1.82) is 0 Å². The molecule has 0 saturated carbocycles. The summed E-state index contributed by atoms with van der Waals surface area (Å²) in [6.45, 7) is 1.86. The number of nitrogens with one attached hydrogen (secondary N) is 1. The van der Waals surface area contributed by atoms with Crippen molar-refractivity contribution < 1.29 is 4.79 Å². The summed E-state index contributed by atoms with van der Waals surface area (Å²) in [5.74, 6) is 0.952. The summed E-state index contributed by atoms with van der Waals surface area (Å²) in [4.78, 5) is 29.3. The second-order valence-corrected chi connectivity index (χ2v) is 7.14. The largest absolute Gasteiger partial charge is 0.307 e. The summed E-state index contributed by atoms with van der Waals surface area (Å²) in [5.41, 5.74) is 4.13. The predicted molar refractivity (Wildman–Crippen MR) is 116 cm³/mol. The number of nitrogens with zero attached hydrogens (tertiary/aromatic N) is 4. The molecule has 148 valence electrons. The third kappa shape index (κ3) is 4.50. The molecule has 0 unspecified atom stereocenters. The normalized spacial score (nSPS) is 10.6. The van der Waals surface area contributed by atoms with Gasteiger partial charge in [0.15, 0.2) is 0 Å². The topological polar surface area (TPSA) is 80.7 Å². The molecule has 0 fully saturated rings. The molecule has 0 atom stereocenters. The highest BCUT2D eigenvalue weighted by Gasteiger charge is 2.11. The van der Waals surface area contributed by atoms with Crippen molar-refractivity contribution in [2.45, 2.75) is 13.3 Å². The van der Waals surface area contributed by atoms with Crippen molar-refractivity contribution in [1.82, 2.24) is 19.9 Å². The Morgan fingerprint density at radius 1 is 1.00 bits per heavy atom. The Morgan fingerprint density at radius 2 is 1.83 bits per heavy atom. The Labute approximate surface area is 179 Å². The SMILES string of the molecule is Cc1ccncc1C(=O)Nc1ccc(-c2cc(Cc3ncccn3)ccc2Cl)cn1. The predicted octanol–water partition coefficient (Wildman–Crippen LogP) is 4.74. The molecular weight excluding hydrogens is 398 g/mol. The average molecular weight is 416 g/mol. The van der Waals surface area contributed by atoms with Crippen molar-refractivity contribution in [2.75, 3.05) is 5.32 Å². The van der Waals surface area contributed by atoms with Gasteiger partial charge < -0.3 is 5.32 Å². The number of anilines is 1. The standard InChI is InChI=1S/C23H18ClN5O/c1-15-7-10-25-14-19(15)23(30)29-21-6-4-17(13-28-21)18-11-16(3-5-20(18)24)12-22-26-8-2-9-27-22/h2-11,13-14H,12H2,1H3,(H,28,29,30). The minimum atomic E-state index is -0.247. The molecule has 0 saturated heterocycles. The van der Waals surface area contributed by atoms with Crippen LogP contribution in [0.2, 0.25) is 5.02 Å². The number of halogens is 1. The molecule has 1 N–H and O–H groups in total. The number of aryl methyl sites for hydroxylation is 1. The van der Waals surface area contributed by atoms with Gasteiger partial charge in [0.25, 0.3) is 5.91 Å². The Kier molecular flexibility index (Phi) is 5.77. The smallest absolute Gasteiger partial charge is 0.258 e. The molecule has 0 aliphatic heterocycles. The second kappa shape index (κ2) is 8.80. The Hall–Kier alpha value is -3.64. The molecule has 7 heteroatoms. The van der Waals surface area contributed by atoms with Crippen molar-refractivity contribution in [3.05, 3.63) is 101 Å². The zero-order valence-corrected chi connectivity index (χ0v) is 17.0. The fourth-order valence-corrected chi connectivity index (χ4v) is 3.25. The molecule has 1 aromatic carbocycles. The summed E-state index contributed by atoms with van der Waals surface area (Å²) < 4.78 is 0. The van der Waals surface area contributed by atoms with Crippen molar-refractivity contribution in [3.63, 3.8) is 0 Å². The minimum Gasteiger partial charge on any atom is -0.307 e. The van der Waals surface area contributed by atoms with E-state index in [0.29, 0.717) is 22.8 Å². The Morgan fingerprint density at radius 3 is 2.57 bits per heavy atom. The molecule has 30 heavy (non-hydrogen) atoms. The third-order valence-electron chi connectivity index (χ3n) is 4.61. The van der Waals surface area contributed by atoms with Crippen LogP contribution in [0.1, 0.15) is 27.3 Å². The first-order valence-corrected chi connectivity index (χ1v) is 9.70. The lowest BCUT2D eigenvalue weighted by Gasteiger charge is -2.10. The van der Waals surface area contributed by atoms with Gasteiger partial charge in [0.1, 0.15) is 11.6 Å². The maximum atomic E-state index is 12.4. The molecule has 3 aromatic heterocycles. The highest BCUT2D eigenvalue weighted by atomic mass is 35.5. The van der Waals surface area contributed by atoms with Crippen LogP contribution >= 0.6 is 11.6 Å². The number of carbonyl (C=O) groups is 1. The lowest BCUT2D eigenvalue weighted by atomic mass is 10.0. The third-order valence-corrected chi connectivity index (χ3v) is 4.94. The van der Waals surface area contributed by atoms with Gasteiger partial charge in [-0.3, -0.25) is 9.78 Å². The van der Waals surface area contributed by atoms with E-state index in [9.17, 15) is 4.79 Å². The summed E-state index contributed by atoms with van der Waals surface area (Å²) >= 11 is 6.42. The van der Waals surface area contributed by atoms with Gasteiger partial charge in [0, 0.05) is 53.6 Å². The van der Waals surface area contributed by atoms with Crippen LogP contribution in [0.4, 0.5) is 5.82 Å². The van der Waals surface area contributed by atoms with E-state index in [0.717, 1.165) is 28.1 Å². The molecule has 0 radical (unpaired) electrons. The molecule has 3 heterocycles. The van der Waals surface area contributed by atoms with Crippen molar-refractivity contribution in [3.8, 4) is 11.1 Å². The molecule has 0 spiro atoms. The van der Waals surface area contributed by atoms with Crippen LogP contribution in [0.15, 0.2) is 73.4 Å². The zero-order chi connectivity index (χ0) is 20.9. The summed E-state index contributed by atoms with van der Waals surface area (Å²) in [7, 11) is 0. The quantitative estimate of drug-likeness (QED) is 0.509. The van der Waals surface area contributed by atoms with Crippen LogP contribution in [0.3, 0.4) is 0 Å². The molecule has 4 aromatic rings. The first kappa shape index (κ1) is 19.7. The lowest BCUT2D eigenvalue weighted by molar-refractivity contribution is 0.102. The molecule has 0 aliphatic carbocycles. The summed E-state index contributed by atoms with van der Waals surface area (Å²) in [6.07, 6.45) is 8.95. The number of aromatic nitrogens is 4. The fourth-order valence-electron chi connectivity index (χ4n) is 3.02. The van der Waals surface area contributed by atoms with Gasteiger partial charge in [0.05, 0.1) is 5.56 Å². The summed E-state index contributed by atoms with van der Waals surface area (Å²) in [6, 6.07) is 13.0. The van der Waals surface area contributed by atoms with Gasteiger partial charge in [-0.05, 0) is 54.4 Å². The van der Waals surface area contributed by atoms with Crippen LogP contribution in [0, 0.1) is 6.92 Å². The van der Waals surface area contributed by atoms with Gasteiger partial charge >= 0.3 is 0 Å². The van der Waals surface area contributed by atoms with Crippen LogP contribution in [-0.2, 0) is 6.42 Å². The molecule has 0 bridgehead atoms. The van der Waals surface area contributed by atoms with Gasteiger partial charge in [-0.1, -0.05) is 17.7 Å². The van der Waals surface area contributed by atoms with Crippen LogP contribution in [0.25, 0.3) is 11.1 Å². The number of amides is 1. The van der Waals surface area contributed by atoms with E-state index >= 15 is 0 Å². The number of hydrogen-bond donors (Lipinski definition) is 1. The van der Waals surface area contributed by atoms with Gasteiger partial charge in [-0.15, -0.1) is 0 Å². The lowest BCUT2D eigenvalue weighted by Crippen LogP contribution is -2.14. The van der Waals surface area contributed by atoms with Gasteiger partial charge in [0.2, 0.25) is 0 Å². The van der Waals surface area contributed by atoms with Crippen LogP contribution in [0.5, 0.6) is 0 Å². The molecule has 1 amide bonds. The number of benzene rings is 1. The van der Waals surface area contributed by atoms with E-state index in [2.05, 4.69) is 25.3 Å². The number of pyridine rings is 2. The molecule has 6 nitrogen and oxygen atoms in total. The zero-order valence-electron chi connectivity index (χ0n) is 16.2. The number of hydrogen-bond acceptors (Lipinski definition) is 5. The fraction of sp³-hybridized carbons (Fsp3) is 0.0870. The number of carbonyl (C=O) groups excluding carboxylic acids is 1. The summed E-state index contributed by atoms with van der Waals surface area (Å²) in [5, 5.41) is 3.42. The Balaban J connectivity index is 1.53. The Bertz CT molecular complexity index is 1180. The minimum absolute atomic E-state index is 0.247. The van der Waals surface area contributed by atoms with E-state index in [1.807, 2.05) is 31.2 Å². The van der Waals surface area contributed by atoms with Gasteiger partial charge in [-0.25, -0.2) is 15.0 Å². The van der Waals surface area contributed by atoms with E-state index in [1.165, 1.54) is 0 Å². The molecular formula is C23H18ClN5O. The highest BCUT2D eigenvalue weighted by molar-refractivity contribution is 6.33. The first-order chi connectivity index (χ1) is 14.6. The van der Waals surface area contributed by atoms with Gasteiger partial charge in [-0.2, -0.15) is 0 Å². The molecule has 0 aliphatic rings. The first-order valence-electron chi connectivity index (χ1n) is 9.33. The van der Waals surface area contributed by atoms with Crippen LogP contribution in [-0.4, -0.2) is 25.8 Å². The van der Waals surface area contributed by atoms with E-state index in [4.69, 9.17) is 11.6 Å². The van der Waals surface area contributed by atoms with E-state index in [-0.39, 0.29) is 5.91 Å². The monoisotopic (exact) mass is 415 g/mol. The van der Waals surface area contributed by atoms with E-state index < -0.39 is 0 Å². The highest BCUT2D eigenvalue weighted by Crippen LogP contribution is 2.29. The average Bonchev–Trinajstić information content (AvgIpc) is 2.77. The maximum Gasteiger partial charge on any atom is 0.258 e. The second-order valence-electron chi connectivity index (χ2n) is 6.73. The van der Waals surface area contributed by atoms with Crippen molar-refractivity contribution >= 4 is 23.3 Å². The van der Waals surface area contributed by atoms with E-state index in [1.54, 1.807) is 49.2 Å². The molecule has 4 rings (SSSR count). The van der Waals surface area contributed by atoms with Crippen LogP contribution < -0.4 is 5.32 Å².